The van der Waals surface area contributed by atoms with E-state index in [1.165, 1.54) is 33.1 Å². The summed E-state index contributed by atoms with van der Waals surface area (Å²) >= 11 is 0. The lowest BCUT2D eigenvalue weighted by Gasteiger charge is -2.29. The van der Waals surface area contributed by atoms with Crippen molar-refractivity contribution in [2.45, 2.75) is 0 Å². The topological polar surface area (TPSA) is 74.6 Å². The molecular weight excluding hydrogens is 743 g/mol. The highest BCUT2D eigenvalue weighted by atomic mass is 15.0. The zero-order valence-corrected chi connectivity index (χ0v) is 33.0. The Morgan fingerprint density at radius 1 is 0.377 bits per heavy atom. The third-order valence-corrected chi connectivity index (χ3v) is 11.6. The number of hydrogen-bond donors (Lipinski definition) is 2. The molecule has 5 nitrogen and oxygen atoms in total. The molecule has 0 saturated carbocycles. The standard InChI is InChI=1S/C56H37N5/c57-35-50(36-16-4-1-5-17-36)53-48-27-15-14-26-47(48)51(52(58-53)38-18-6-2-7-19-38)37-28-30-40(31-29-37)55-59-54(39-20-8-3-9-21-39)60-56(61-55)41-32-33-46-44-24-11-10-22-42(44)43-23-12-13-25-45(43)49(46)34-41/h1-35,57-58H/b53-50+,57-35?. The number of aromatic nitrogens is 3. The Bertz CT molecular complexity index is 3340. The van der Waals surface area contributed by atoms with Crippen molar-refractivity contribution in [3.8, 4) is 34.2 Å². The molecule has 0 atom stereocenters. The van der Waals surface area contributed by atoms with Gasteiger partial charge in [0.15, 0.2) is 17.5 Å². The summed E-state index contributed by atoms with van der Waals surface area (Å²) in [4.78, 5) is 15.4. The predicted molar refractivity (Wildman–Crippen MR) is 253 cm³/mol. The second kappa shape index (κ2) is 15.1. The zero-order chi connectivity index (χ0) is 40.7. The van der Waals surface area contributed by atoms with Gasteiger partial charge in [0.1, 0.15) is 0 Å². The van der Waals surface area contributed by atoms with Gasteiger partial charge in [0.2, 0.25) is 0 Å². The molecule has 0 unspecified atom stereocenters. The molecule has 286 valence electrons. The third-order valence-electron chi connectivity index (χ3n) is 11.6. The van der Waals surface area contributed by atoms with E-state index in [1.54, 1.807) is 0 Å². The van der Waals surface area contributed by atoms with Gasteiger partial charge in [0, 0.05) is 39.6 Å². The van der Waals surface area contributed by atoms with Crippen molar-refractivity contribution in [1.29, 1.82) is 5.41 Å². The minimum Gasteiger partial charge on any atom is -0.353 e. The van der Waals surface area contributed by atoms with Gasteiger partial charge in [-0.3, -0.25) is 0 Å². The summed E-state index contributed by atoms with van der Waals surface area (Å²) in [5.74, 6) is 1.83. The molecule has 1 aliphatic heterocycles. The first-order valence-corrected chi connectivity index (χ1v) is 20.4. The van der Waals surface area contributed by atoms with Crippen LogP contribution in [0.5, 0.6) is 0 Å². The van der Waals surface area contributed by atoms with Gasteiger partial charge in [0.05, 0.1) is 11.4 Å². The summed E-state index contributed by atoms with van der Waals surface area (Å²) in [6, 6.07) is 71.5. The average molecular weight is 780 g/mol. The SMILES string of the molecule is N=C/C(=C1\NC(c2ccccc2)=C(c2ccc(-c3nc(-c4ccccc4)nc(-c4ccc5c6ccccc6c6ccccc6c5c4)n3)cc2)c2ccccc21)c1ccccc1. The lowest BCUT2D eigenvalue weighted by Crippen LogP contribution is -2.21. The second-order valence-corrected chi connectivity index (χ2v) is 15.2. The van der Waals surface area contributed by atoms with E-state index in [1.807, 2.05) is 54.6 Å². The fourth-order valence-corrected chi connectivity index (χ4v) is 8.74. The molecule has 0 saturated heterocycles. The smallest absolute Gasteiger partial charge is 0.164 e. The Hall–Kier alpha value is -8.28. The molecule has 0 fully saturated rings. The first-order chi connectivity index (χ1) is 30.2. The van der Waals surface area contributed by atoms with Gasteiger partial charge in [-0.05, 0) is 60.6 Å². The molecule has 2 N–H and O–H groups in total. The summed E-state index contributed by atoms with van der Waals surface area (Å²) in [5, 5.41) is 19.6. The van der Waals surface area contributed by atoms with Crippen LogP contribution in [0.25, 0.3) is 89.0 Å². The fourth-order valence-electron chi connectivity index (χ4n) is 8.74. The summed E-state index contributed by atoms with van der Waals surface area (Å²) in [7, 11) is 0. The molecule has 0 aliphatic carbocycles. The number of allylic oxidation sites excluding steroid dienone is 1. The van der Waals surface area contributed by atoms with Crippen LogP contribution < -0.4 is 5.32 Å². The van der Waals surface area contributed by atoms with Crippen LogP contribution in [0.3, 0.4) is 0 Å². The fraction of sp³-hybridized carbons (Fsp3) is 0. The van der Waals surface area contributed by atoms with Gasteiger partial charge >= 0.3 is 0 Å². The van der Waals surface area contributed by atoms with Crippen LogP contribution >= 0.6 is 0 Å². The molecular formula is C56H37N5. The first-order valence-electron chi connectivity index (χ1n) is 20.4. The number of benzene rings is 9. The normalized spacial score (nSPS) is 13.2. The summed E-state index contributed by atoms with van der Waals surface area (Å²) in [6.07, 6.45) is 1.45. The number of rotatable bonds is 7. The van der Waals surface area contributed by atoms with E-state index in [0.29, 0.717) is 17.5 Å². The maximum absolute atomic E-state index is 8.55. The molecule has 0 spiro atoms. The highest BCUT2D eigenvalue weighted by Gasteiger charge is 2.27. The molecule has 61 heavy (non-hydrogen) atoms. The number of nitrogens with zero attached hydrogens (tertiary/aromatic N) is 3. The molecule has 1 aliphatic rings. The summed E-state index contributed by atoms with van der Waals surface area (Å²) in [5.41, 5.74) is 11.7. The van der Waals surface area contributed by atoms with E-state index >= 15 is 0 Å². The van der Waals surface area contributed by atoms with Crippen LogP contribution in [0.15, 0.2) is 206 Å². The Kier molecular flexibility index (Phi) is 8.90. The van der Waals surface area contributed by atoms with Crippen molar-refractivity contribution in [3.63, 3.8) is 0 Å². The van der Waals surface area contributed by atoms with E-state index < -0.39 is 0 Å². The van der Waals surface area contributed by atoms with Gasteiger partial charge in [-0.2, -0.15) is 0 Å². The molecule has 2 heterocycles. The molecule has 1 aromatic heterocycles. The van der Waals surface area contributed by atoms with Crippen molar-refractivity contribution < 1.29 is 0 Å². The minimum atomic E-state index is 0.599. The lowest BCUT2D eigenvalue weighted by molar-refractivity contribution is 1.07. The Labute approximate surface area is 353 Å². The van der Waals surface area contributed by atoms with Crippen LogP contribution in [0.1, 0.15) is 27.8 Å². The van der Waals surface area contributed by atoms with Gasteiger partial charge in [-0.15, -0.1) is 0 Å². The first kappa shape index (κ1) is 35.8. The largest absolute Gasteiger partial charge is 0.353 e. The highest BCUT2D eigenvalue weighted by molar-refractivity contribution is 6.26. The number of hydrogen-bond acceptors (Lipinski definition) is 5. The van der Waals surface area contributed by atoms with Crippen LogP contribution in [-0.2, 0) is 0 Å². The van der Waals surface area contributed by atoms with E-state index in [9.17, 15) is 0 Å². The Balaban J connectivity index is 1.06. The third kappa shape index (κ3) is 6.37. The molecule has 0 bridgehead atoms. The van der Waals surface area contributed by atoms with Crippen molar-refractivity contribution in [1.82, 2.24) is 20.3 Å². The Morgan fingerprint density at radius 3 is 1.39 bits per heavy atom. The Morgan fingerprint density at radius 2 is 0.803 bits per heavy atom. The summed E-state index contributed by atoms with van der Waals surface area (Å²) in [6.45, 7) is 0. The molecule has 0 radical (unpaired) electrons. The second-order valence-electron chi connectivity index (χ2n) is 15.2. The molecule has 5 heteroatoms. The van der Waals surface area contributed by atoms with E-state index in [0.717, 1.165) is 72.4 Å². The molecule has 9 aromatic carbocycles. The maximum Gasteiger partial charge on any atom is 0.164 e. The van der Waals surface area contributed by atoms with Crippen LogP contribution in [0.2, 0.25) is 0 Å². The van der Waals surface area contributed by atoms with Crippen molar-refractivity contribution in [2.75, 3.05) is 0 Å². The van der Waals surface area contributed by atoms with Gasteiger partial charge < -0.3 is 10.7 Å². The lowest BCUT2D eigenvalue weighted by atomic mass is 9.84. The molecule has 11 rings (SSSR count). The monoisotopic (exact) mass is 779 g/mol. The maximum atomic E-state index is 8.55. The van der Waals surface area contributed by atoms with Crippen LogP contribution in [-0.4, -0.2) is 21.2 Å². The van der Waals surface area contributed by atoms with Crippen molar-refractivity contribution in [2.24, 2.45) is 0 Å². The number of fused-ring (bicyclic) bond motifs is 7. The highest BCUT2D eigenvalue weighted by Crippen LogP contribution is 2.43. The molecule has 0 amide bonds. The number of nitrogens with one attached hydrogen (secondary N) is 2. The van der Waals surface area contributed by atoms with Crippen LogP contribution in [0, 0.1) is 5.41 Å². The van der Waals surface area contributed by atoms with Gasteiger partial charge in [0.25, 0.3) is 0 Å². The quantitative estimate of drug-likeness (QED) is 0.125. The predicted octanol–water partition coefficient (Wildman–Crippen LogP) is 13.4. The van der Waals surface area contributed by atoms with Crippen molar-refractivity contribution in [3.05, 3.63) is 234 Å². The van der Waals surface area contributed by atoms with Crippen LogP contribution in [0.4, 0.5) is 0 Å². The molecule has 10 aromatic rings. The minimum absolute atomic E-state index is 0.599. The van der Waals surface area contributed by atoms with E-state index in [4.69, 9.17) is 20.4 Å². The zero-order valence-electron chi connectivity index (χ0n) is 33.0. The van der Waals surface area contributed by atoms with Gasteiger partial charge in [-0.25, -0.2) is 15.0 Å². The van der Waals surface area contributed by atoms with Crippen molar-refractivity contribution >= 4 is 61.1 Å². The van der Waals surface area contributed by atoms with E-state index in [-0.39, 0.29) is 0 Å². The van der Waals surface area contributed by atoms with E-state index in [2.05, 4.69) is 157 Å². The van der Waals surface area contributed by atoms with Gasteiger partial charge in [-0.1, -0.05) is 200 Å². The summed E-state index contributed by atoms with van der Waals surface area (Å²) < 4.78 is 0. The average Bonchev–Trinajstić information content (AvgIpc) is 3.35.